The monoisotopic (exact) mass is 343 g/mol. The van der Waals surface area contributed by atoms with Crippen molar-refractivity contribution in [1.29, 1.82) is 0 Å². The summed E-state index contributed by atoms with van der Waals surface area (Å²) >= 11 is 2.41. The second-order valence-corrected chi connectivity index (χ2v) is 6.23. The van der Waals surface area contributed by atoms with E-state index >= 15 is 0 Å². The van der Waals surface area contributed by atoms with Crippen LogP contribution in [0.1, 0.15) is 50.6 Å². The van der Waals surface area contributed by atoms with Crippen LogP contribution < -0.4 is 5.32 Å². The molecule has 0 bridgehead atoms. The van der Waals surface area contributed by atoms with Gasteiger partial charge in [0, 0.05) is 9.61 Å². The van der Waals surface area contributed by atoms with Crippen LogP contribution in [0.25, 0.3) is 0 Å². The van der Waals surface area contributed by atoms with Gasteiger partial charge in [0.05, 0.1) is 0 Å². The smallest absolute Gasteiger partial charge is 0.0348 e. The van der Waals surface area contributed by atoms with Gasteiger partial charge >= 0.3 is 0 Å². The first-order chi connectivity index (χ1) is 8.31. The minimum Gasteiger partial charge on any atom is -0.310 e. The second-order valence-electron chi connectivity index (χ2n) is 4.99. The van der Waals surface area contributed by atoms with Gasteiger partial charge in [0.1, 0.15) is 0 Å². The minimum atomic E-state index is 0.565. The van der Waals surface area contributed by atoms with E-state index in [-0.39, 0.29) is 0 Å². The summed E-state index contributed by atoms with van der Waals surface area (Å²) in [7, 11) is 0. The quantitative estimate of drug-likeness (QED) is 0.793. The Morgan fingerprint density at radius 1 is 1.29 bits per heavy atom. The molecule has 1 saturated carbocycles. The van der Waals surface area contributed by atoms with Crippen LogP contribution in [0.3, 0.4) is 0 Å². The Morgan fingerprint density at radius 2 is 2.06 bits per heavy atom. The van der Waals surface area contributed by atoms with Crippen LogP contribution in [-0.4, -0.2) is 6.54 Å². The molecule has 1 atom stereocenters. The maximum absolute atomic E-state index is 3.69. The van der Waals surface area contributed by atoms with Crippen LogP contribution in [0, 0.1) is 9.49 Å². The molecule has 1 nitrogen and oxygen atoms in total. The Labute approximate surface area is 119 Å². The average Bonchev–Trinajstić information content (AvgIpc) is 2.37. The number of hydrogen-bond donors (Lipinski definition) is 1. The summed E-state index contributed by atoms with van der Waals surface area (Å²) in [5, 5.41) is 3.69. The number of halogens is 1. The van der Waals surface area contributed by atoms with Crippen molar-refractivity contribution in [3.63, 3.8) is 0 Å². The number of benzene rings is 1. The summed E-state index contributed by atoms with van der Waals surface area (Å²) in [6, 6.07) is 9.54. The summed E-state index contributed by atoms with van der Waals surface area (Å²) in [5.74, 6) is 0.835. The summed E-state index contributed by atoms with van der Waals surface area (Å²) < 4.78 is 1.35. The highest BCUT2D eigenvalue weighted by atomic mass is 127. The molecule has 1 aromatic carbocycles. The Bertz CT molecular complexity index is 345. The minimum absolute atomic E-state index is 0.565. The van der Waals surface area contributed by atoms with Crippen LogP contribution in [0.4, 0.5) is 0 Å². The fourth-order valence-corrected chi connectivity index (χ4v) is 3.51. The molecule has 0 saturated heterocycles. The highest BCUT2D eigenvalue weighted by Crippen LogP contribution is 2.34. The van der Waals surface area contributed by atoms with Gasteiger partial charge in [-0.15, -0.1) is 0 Å². The highest BCUT2D eigenvalue weighted by Gasteiger charge is 2.24. The number of rotatable bonds is 4. The van der Waals surface area contributed by atoms with Crippen molar-refractivity contribution in [2.24, 2.45) is 5.92 Å². The molecular weight excluding hydrogens is 321 g/mol. The maximum atomic E-state index is 3.69. The summed E-state index contributed by atoms with van der Waals surface area (Å²) in [6.45, 7) is 3.27. The van der Waals surface area contributed by atoms with E-state index in [1.165, 1.54) is 41.2 Å². The highest BCUT2D eigenvalue weighted by molar-refractivity contribution is 14.1. The number of nitrogens with one attached hydrogen (secondary N) is 1. The van der Waals surface area contributed by atoms with Crippen molar-refractivity contribution in [2.75, 3.05) is 6.54 Å². The topological polar surface area (TPSA) is 12.0 Å². The van der Waals surface area contributed by atoms with Crippen molar-refractivity contribution in [3.05, 3.63) is 33.4 Å². The van der Waals surface area contributed by atoms with Crippen LogP contribution in [-0.2, 0) is 0 Å². The molecule has 1 aliphatic rings. The van der Waals surface area contributed by atoms with Gasteiger partial charge < -0.3 is 5.32 Å². The molecule has 0 heterocycles. The molecule has 0 aromatic heterocycles. The van der Waals surface area contributed by atoms with E-state index < -0.39 is 0 Å². The van der Waals surface area contributed by atoms with E-state index in [0.717, 1.165) is 12.5 Å². The normalized spacial score (nSPS) is 19.2. The van der Waals surface area contributed by atoms with E-state index in [1.807, 2.05) is 0 Å². The third kappa shape index (κ3) is 3.68. The molecule has 1 unspecified atom stereocenters. The zero-order valence-corrected chi connectivity index (χ0v) is 12.7. The predicted molar refractivity (Wildman–Crippen MR) is 82.2 cm³/mol. The van der Waals surface area contributed by atoms with Crippen molar-refractivity contribution < 1.29 is 0 Å². The summed E-state index contributed by atoms with van der Waals surface area (Å²) in [5.41, 5.74) is 1.48. The molecule has 1 aliphatic carbocycles. The van der Waals surface area contributed by atoms with Gasteiger partial charge in [0.25, 0.3) is 0 Å². The first kappa shape index (κ1) is 13.3. The van der Waals surface area contributed by atoms with E-state index in [9.17, 15) is 0 Å². The maximum Gasteiger partial charge on any atom is 0.0348 e. The van der Waals surface area contributed by atoms with E-state index in [2.05, 4.69) is 59.1 Å². The molecule has 94 valence electrons. The predicted octanol–water partition coefficient (Wildman–Crippen LogP) is 4.52. The van der Waals surface area contributed by atoms with Gasteiger partial charge in [-0.25, -0.2) is 0 Å². The third-order valence-electron chi connectivity index (χ3n) is 3.75. The van der Waals surface area contributed by atoms with Gasteiger partial charge in [0.15, 0.2) is 0 Å². The molecule has 0 amide bonds. The molecule has 1 N–H and O–H groups in total. The van der Waals surface area contributed by atoms with E-state index in [0.29, 0.717) is 6.04 Å². The molecule has 1 aromatic rings. The van der Waals surface area contributed by atoms with Gasteiger partial charge in [-0.1, -0.05) is 38.3 Å². The summed E-state index contributed by atoms with van der Waals surface area (Å²) in [6.07, 6.45) is 7.04. The Kier molecular flexibility index (Phi) is 5.29. The molecule has 17 heavy (non-hydrogen) atoms. The summed E-state index contributed by atoms with van der Waals surface area (Å²) in [4.78, 5) is 0. The van der Waals surface area contributed by atoms with Crippen molar-refractivity contribution in [3.8, 4) is 0 Å². The van der Waals surface area contributed by atoms with E-state index in [1.54, 1.807) is 0 Å². The van der Waals surface area contributed by atoms with Gasteiger partial charge in [0.2, 0.25) is 0 Å². The van der Waals surface area contributed by atoms with Gasteiger partial charge in [-0.2, -0.15) is 0 Å². The lowest BCUT2D eigenvalue weighted by molar-refractivity contribution is 0.274. The third-order valence-corrected chi connectivity index (χ3v) is 4.42. The largest absolute Gasteiger partial charge is 0.310 e. The van der Waals surface area contributed by atoms with E-state index in [4.69, 9.17) is 0 Å². The Hall–Kier alpha value is -0.0900. The zero-order valence-electron chi connectivity index (χ0n) is 10.6. The lowest BCUT2D eigenvalue weighted by atomic mass is 9.81. The van der Waals surface area contributed by atoms with Crippen molar-refractivity contribution in [1.82, 2.24) is 5.32 Å². The second kappa shape index (κ2) is 6.74. The lowest BCUT2D eigenvalue weighted by Gasteiger charge is -2.31. The average molecular weight is 343 g/mol. The SMILES string of the molecule is CCNC(c1cccc(I)c1)C1CCCCC1. The first-order valence-corrected chi connectivity index (χ1v) is 7.88. The van der Waals surface area contributed by atoms with Crippen LogP contribution in [0.15, 0.2) is 24.3 Å². The number of hydrogen-bond acceptors (Lipinski definition) is 1. The molecule has 1 fully saturated rings. The van der Waals surface area contributed by atoms with Crippen molar-refractivity contribution >= 4 is 22.6 Å². The van der Waals surface area contributed by atoms with Crippen LogP contribution in [0.5, 0.6) is 0 Å². The Balaban J connectivity index is 2.15. The fraction of sp³-hybridized carbons (Fsp3) is 0.600. The van der Waals surface area contributed by atoms with Gasteiger partial charge in [-0.05, 0) is 65.6 Å². The fourth-order valence-electron chi connectivity index (χ4n) is 2.94. The molecule has 0 spiro atoms. The zero-order chi connectivity index (χ0) is 12.1. The molecule has 2 heteroatoms. The first-order valence-electron chi connectivity index (χ1n) is 6.80. The van der Waals surface area contributed by atoms with Gasteiger partial charge in [-0.3, -0.25) is 0 Å². The molecule has 2 rings (SSSR count). The molecular formula is C15H22IN. The molecule has 0 radical (unpaired) electrons. The van der Waals surface area contributed by atoms with Crippen LogP contribution in [0.2, 0.25) is 0 Å². The molecule has 0 aliphatic heterocycles. The lowest BCUT2D eigenvalue weighted by Crippen LogP contribution is -2.29. The van der Waals surface area contributed by atoms with Crippen LogP contribution >= 0.6 is 22.6 Å². The van der Waals surface area contributed by atoms with Crippen molar-refractivity contribution in [2.45, 2.75) is 45.1 Å². The standard InChI is InChI=1S/C15H22IN/c1-2-17-15(12-7-4-3-5-8-12)13-9-6-10-14(16)11-13/h6,9-12,15,17H,2-5,7-8H2,1H3. The Morgan fingerprint density at radius 3 is 2.71 bits per heavy atom.